The molecule has 1 amide bonds. The second-order valence-corrected chi connectivity index (χ2v) is 4.78. The van der Waals surface area contributed by atoms with Crippen molar-refractivity contribution in [2.45, 2.75) is 58.1 Å². The van der Waals surface area contributed by atoms with Crippen LogP contribution in [0.2, 0.25) is 0 Å². The second-order valence-electron chi connectivity index (χ2n) is 4.78. The van der Waals surface area contributed by atoms with E-state index in [1.165, 1.54) is 0 Å². The molecule has 0 fully saturated rings. The van der Waals surface area contributed by atoms with Crippen molar-refractivity contribution >= 4 is 5.91 Å². The van der Waals surface area contributed by atoms with Crippen molar-refractivity contribution in [3.63, 3.8) is 0 Å². The second kappa shape index (κ2) is 7.63. The fourth-order valence-electron chi connectivity index (χ4n) is 1.44. The molecule has 4 heteroatoms. The van der Waals surface area contributed by atoms with Crippen molar-refractivity contribution in [1.29, 1.82) is 0 Å². The van der Waals surface area contributed by atoms with Crippen LogP contribution >= 0.6 is 0 Å². The lowest BCUT2D eigenvalue weighted by molar-refractivity contribution is -0.126. The zero-order valence-electron chi connectivity index (χ0n) is 11.0. The Morgan fingerprint density at radius 1 is 1.50 bits per heavy atom. The summed E-state index contributed by atoms with van der Waals surface area (Å²) in [5, 5.41) is 2.95. The van der Waals surface area contributed by atoms with Crippen molar-refractivity contribution < 1.29 is 9.53 Å². The maximum absolute atomic E-state index is 11.7. The van der Waals surface area contributed by atoms with E-state index >= 15 is 0 Å². The SMILES string of the molecule is CCCCC(CN)NC(=O)CC(C)(C)OC. The molecular formula is C12H26N2O2. The minimum atomic E-state index is -0.409. The Balaban J connectivity index is 4.00. The molecule has 0 aromatic heterocycles. The van der Waals surface area contributed by atoms with Gasteiger partial charge in [-0.05, 0) is 20.3 Å². The summed E-state index contributed by atoms with van der Waals surface area (Å²) in [4.78, 5) is 11.7. The number of rotatable bonds is 8. The number of amides is 1. The van der Waals surface area contributed by atoms with Crippen LogP contribution in [0.3, 0.4) is 0 Å². The van der Waals surface area contributed by atoms with Crippen LogP contribution < -0.4 is 11.1 Å². The van der Waals surface area contributed by atoms with E-state index in [9.17, 15) is 4.79 Å². The molecule has 0 aliphatic heterocycles. The number of unbranched alkanes of at least 4 members (excludes halogenated alkanes) is 1. The first-order valence-electron chi connectivity index (χ1n) is 5.99. The van der Waals surface area contributed by atoms with E-state index in [0.29, 0.717) is 13.0 Å². The van der Waals surface area contributed by atoms with E-state index in [4.69, 9.17) is 10.5 Å². The van der Waals surface area contributed by atoms with E-state index in [2.05, 4.69) is 12.2 Å². The Hall–Kier alpha value is -0.610. The Labute approximate surface area is 98.9 Å². The zero-order chi connectivity index (χ0) is 12.6. The van der Waals surface area contributed by atoms with Gasteiger partial charge in [0.1, 0.15) is 0 Å². The highest BCUT2D eigenvalue weighted by Gasteiger charge is 2.22. The lowest BCUT2D eigenvalue weighted by Crippen LogP contribution is -2.43. The van der Waals surface area contributed by atoms with Gasteiger partial charge in [0.15, 0.2) is 0 Å². The first kappa shape index (κ1) is 15.4. The number of ether oxygens (including phenoxy) is 1. The van der Waals surface area contributed by atoms with Crippen LogP contribution in [0.5, 0.6) is 0 Å². The smallest absolute Gasteiger partial charge is 0.223 e. The fourth-order valence-corrected chi connectivity index (χ4v) is 1.44. The molecule has 3 N–H and O–H groups in total. The number of hydrogen-bond acceptors (Lipinski definition) is 3. The van der Waals surface area contributed by atoms with Gasteiger partial charge in [0.05, 0.1) is 12.0 Å². The summed E-state index contributed by atoms with van der Waals surface area (Å²) >= 11 is 0. The van der Waals surface area contributed by atoms with E-state index in [0.717, 1.165) is 19.3 Å². The van der Waals surface area contributed by atoms with Gasteiger partial charge in [-0.2, -0.15) is 0 Å². The minimum absolute atomic E-state index is 0.0124. The molecule has 96 valence electrons. The van der Waals surface area contributed by atoms with Gasteiger partial charge in [-0.3, -0.25) is 4.79 Å². The van der Waals surface area contributed by atoms with Crippen LogP contribution in [0, 0.1) is 0 Å². The molecule has 0 aromatic rings. The first-order chi connectivity index (χ1) is 7.45. The Kier molecular flexibility index (Phi) is 7.34. The van der Waals surface area contributed by atoms with Crippen LogP contribution in [-0.4, -0.2) is 31.2 Å². The van der Waals surface area contributed by atoms with Gasteiger partial charge in [0, 0.05) is 19.7 Å². The highest BCUT2D eigenvalue weighted by atomic mass is 16.5. The van der Waals surface area contributed by atoms with E-state index < -0.39 is 5.60 Å². The number of methoxy groups -OCH3 is 1. The Morgan fingerprint density at radius 2 is 2.12 bits per heavy atom. The molecule has 0 saturated carbocycles. The van der Waals surface area contributed by atoms with E-state index in [1.54, 1.807) is 7.11 Å². The van der Waals surface area contributed by atoms with Gasteiger partial charge in [0.25, 0.3) is 0 Å². The van der Waals surface area contributed by atoms with Crippen LogP contribution in [0.25, 0.3) is 0 Å². The van der Waals surface area contributed by atoms with Crippen molar-refractivity contribution in [3.05, 3.63) is 0 Å². The third-order valence-electron chi connectivity index (χ3n) is 2.69. The summed E-state index contributed by atoms with van der Waals surface area (Å²) in [6, 6.07) is 0.0973. The first-order valence-corrected chi connectivity index (χ1v) is 5.99. The van der Waals surface area contributed by atoms with Crippen molar-refractivity contribution in [2.75, 3.05) is 13.7 Å². The van der Waals surface area contributed by atoms with Crippen molar-refractivity contribution in [3.8, 4) is 0 Å². The van der Waals surface area contributed by atoms with Gasteiger partial charge in [0.2, 0.25) is 5.91 Å². The molecule has 16 heavy (non-hydrogen) atoms. The van der Waals surface area contributed by atoms with E-state index in [-0.39, 0.29) is 11.9 Å². The van der Waals surface area contributed by atoms with Crippen LogP contribution in [0.4, 0.5) is 0 Å². The molecule has 1 unspecified atom stereocenters. The van der Waals surface area contributed by atoms with Crippen molar-refractivity contribution in [2.24, 2.45) is 5.73 Å². The van der Waals surface area contributed by atoms with Crippen molar-refractivity contribution in [1.82, 2.24) is 5.32 Å². The normalized spacial score (nSPS) is 13.6. The topological polar surface area (TPSA) is 64.3 Å². The van der Waals surface area contributed by atoms with Crippen LogP contribution in [-0.2, 0) is 9.53 Å². The maximum atomic E-state index is 11.7. The quantitative estimate of drug-likeness (QED) is 0.663. The highest BCUT2D eigenvalue weighted by molar-refractivity contribution is 5.77. The fraction of sp³-hybridized carbons (Fsp3) is 0.917. The lowest BCUT2D eigenvalue weighted by Gasteiger charge is -2.24. The molecule has 4 nitrogen and oxygen atoms in total. The summed E-state index contributed by atoms with van der Waals surface area (Å²) in [5.74, 6) is 0.0124. The Morgan fingerprint density at radius 3 is 2.56 bits per heavy atom. The molecule has 0 aliphatic carbocycles. The van der Waals surface area contributed by atoms with Gasteiger partial charge < -0.3 is 15.8 Å². The average molecular weight is 230 g/mol. The van der Waals surface area contributed by atoms with E-state index in [1.807, 2.05) is 13.8 Å². The Bertz CT molecular complexity index is 205. The average Bonchev–Trinajstić information content (AvgIpc) is 2.23. The lowest BCUT2D eigenvalue weighted by atomic mass is 10.0. The zero-order valence-corrected chi connectivity index (χ0v) is 11.0. The molecule has 1 atom stereocenters. The summed E-state index contributed by atoms with van der Waals surface area (Å²) in [6.07, 6.45) is 3.53. The molecule has 0 aromatic carbocycles. The molecule has 0 rings (SSSR count). The number of carbonyl (C=O) groups excluding carboxylic acids is 1. The third-order valence-corrected chi connectivity index (χ3v) is 2.69. The molecule has 0 saturated heterocycles. The van der Waals surface area contributed by atoms with Gasteiger partial charge in [-0.15, -0.1) is 0 Å². The van der Waals surface area contributed by atoms with Crippen LogP contribution in [0.15, 0.2) is 0 Å². The number of carbonyl (C=O) groups is 1. The molecule has 0 bridgehead atoms. The molecule has 0 radical (unpaired) electrons. The standard InChI is InChI=1S/C12H26N2O2/c1-5-6-7-10(9-13)14-11(15)8-12(2,3)16-4/h10H,5-9,13H2,1-4H3,(H,14,15). The predicted molar refractivity (Wildman–Crippen MR) is 66.2 cm³/mol. The third kappa shape index (κ3) is 6.80. The predicted octanol–water partition coefficient (Wildman–Crippen LogP) is 1.44. The summed E-state index contributed by atoms with van der Waals surface area (Å²) in [7, 11) is 1.62. The highest BCUT2D eigenvalue weighted by Crippen LogP contribution is 2.12. The molecular weight excluding hydrogens is 204 g/mol. The molecule has 0 aliphatic rings. The monoisotopic (exact) mass is 230 g/mol. The number of hydrogen-bond donors (Lipinski definition) is 2. The van der Waals surface area contributed by atoms with Gasteiger partial charge >= 0.3 is 0 Å². The number of nitrogens with one attached hydrogen (secondary N) is 1. The summed E-state index contributed by atoms with van der Waals surface area (Å²) in [6.45, 7) is 6.43. The van der Waals surface area contributed by atoms with Gasteiger partial charge in [-0.1, -0.05) is 19.8 Å². The summed E-state index contributed by atoms with van der Waals surface area (Å²) in [5.41, 5.74) is 5.20. The maximum Gasteiger partial charge on any atom is 0.223 e. The van der Waals surface area contributed by atoms with Crippen LogP contribution in [0.1, 0.15) is 46.5 Å². The largest absolute Gasteiger partial charge is 0.378 e. The minimum Gasteiger partial charge on any atom is -0.378 e. The molecule has 0 heterocycles. The summed E-state index contributed by atoms with van der Waals surface area (Å²) < 4.78 is 5.21. The number of nitrogens with two attached hydrogens (primary N) is 1. The van der Waals surface area contributed by atoms with Gasteiger partial charge in [-0.25, -0.2) is 0 Å². The molecule has 0 spiro atoms.